The third-order valence-electron chi connectivity index (χ3n) is 7.23. The molecule has 3 fully saturated rings. The fraction of sp³-hybridized carbons (Fsp3) is 0.625. The van der Waals surface area contributed by atoms with Gasteiger partial charge in [-0.15, -0.1) is 0 Å². The van der Waals surface area contributed by atoms with Crippen LogP contribution in [0.15, 0.2) is 24.3 Å². The maximum Gasteiger partial charge on any atom is 0.251 e. The summed E-state index contributed by atoms with van der Waals surface area (Å²) in [5.41, 5.74) is 2.02. The van der Waals surface area contributed by atoms with E-state index >= 15 is 0 Å². The molecule has 0 spiro atoms. The zero-order chi connectivity index (χ0) is 22.1. The van der Waals surface area contributed by atoms with Crippen LogP contribution < -0.4 is 20.0 Å². The van der Waals surface area contributed by atoms with Crippen LogP contribution in [0, 0.1) is 11.8 Å². The third-order valence-corrected chi connectivity index (χ3v) is 8.00. The number of carbonyl (C=O) groups excluding carboxylic acids is 1. The second-order valence-corrected chi connectivity index (χ2v) is 10.4. The van der Waals surface area contributed by atoms with Gasteiger partial charge in [0.1, 0.15) is 0 Å². The van der Waals surface area contributed by atoms with Gasteiger partial charge in [-0.05, 0) is 74.6 Å². The van der Waals surface area contributed by atoms with E-state index in [4.69, 9.17) is 0 Å². The number of anilines is 3. The molecule has 7 nitrogen and oxygen atoms in total. The minimum atomic E-state index is 0.0653. The van der Waals surface area contributed by atoms with Gasteiger partial charge in [-0.1, -0.05) is 0 Å². The monoisotopic (exact) mass is 454 g/mol. The van der Waals surface area contributed by atoms with Gasteiger partial charge in [0.25, 0.3) is 5.91 Å². The van der Waals surface area contributed by atoms with E-state index in [1.807, 2.05) is 31.1 Å². The van der Waals surface area contributed by atoms with Crippen LogP contribution >= 0.6 is 11.5 Å². The Morgan fingerprint density at radius 1 is 0.938 bits per heavy atom. The van der Waals surface area contributed by atoms with Crippen molar-refractivity contribution in [2.45, 2.75) is 44.6 Å². The van der Waals surface area contributed by atoms with Crippen LogP contribution in [-0.2, 0) is 0 Å². The average molecular weight is 455 g/mol. The number of rotatable bonds is 6. The molecule has 3 aliphatic rings. The van der Waals surface area contributed by atoms with Crippen LogP contribution in [0.3, 0.4) is 0 Å². The van der Waals surface area contributed by atoms with Gasteiger partial charge < -0.3 is 20.0 Å². The highest BCUT2D eigenvalue weighted by Crippen LogP contribution is 2.35. The minimum Gasteiger partial charge on any atom is -0.372 e. The van der Waals surface area contributed by atoms with Gasteiger partial charge in [-0.2, -0.15) is 9.36 Å². The van der Waals surface area contributed by atoms with Crippen molar-refractivity contribution in [3.8, 4) is 0 Å². The Hall–Kier alpha value is -2.35. The predicted octanol–water partition coefficient (Wildman–Crippen LogP) is 3.63. The second kappa shape index (κ2) is 9.25. The molecule has 2 saturated heterocycles. The molecule has 32 heavy (non-hydrogen) atoms. The summed E-state index contributed by atoms with van der Waals surface area (Å²) in [6.07, 6.45) is 7.28. The first kappa shape index (κ1) is 21.5. The molecule has 1 saturated carbocycles. The quantitative estimate of drug-likeness (QED) is 0.719. The Morgan fingerprint density at radius 3 is 2.06 bits per heavy atom. The van der Waals surface area contributed by atoms with Gasteiger partial charge in [0, 0.05) is 69.1 Å². The van der Waals surface area contributed by atoms with Crippen molar-refractivity contribution in [1.29, 1.82) is 0 Å². The number of carbonyl (C=O) groups is 1. The Bertz CT molecular complexity index is 909. The smallest absolute Gasteiger partial charge is 0.251 e. The van der Waals surface area contributed by atoms with Crippen LogP contribution in [0.4, 0.5) is 16.8 Å². The summed E-state index contributed by atoms with van der Waals surface area (Å²) in [6.45, 7) is 4.41. The van der Waals surface area contributed by atoms with Gasteiger partial charge >= 0.3 is 0 Å². The standard InChI is InChI=1S/C24H34N6OS/c1-28(2)23-26-24(32-27-23)30-15-11-18(12-16-30)17-9-13-29(14-10-17)21-7-3-19(4-8-21)22(31)25-20-5-6-20/h3-4,7-8,17-18,20H,5-6,9-16H2,1-2H3,(H,25,31). The molecule has 2 aromatic rings. The minimum absolute atomic E-state index is 0.0653. The van der Waals surface area contributed by atoms with E-state index in [-0.39, 0.29) is 5.91 Å². The molecule has 0 atom stereocenters. The van der Waals surface area contributed by atoms with Gasteiger partial charge in [0.15, 0.2) is 0 Å². The summed E-state index contributed by atoms with van der Waals surface area (Å²) in [5, 5.41) is 4.13. The predicted molar refractivity (Wildman–Crippen MR) is 131 cm³/mol. The normalized spacial score (nSPS) is 20.4. The number of amides is 1. The van der Waals surface area contributed by atoms with Crippen molar-refractivity contribution in [3.63, 3.8) is 0 Å². The molecule has 172 valence electrons. The molecule has 1 N–H and O–H groups in total. The topological polar surface area (TPSA) is 64.6 Å². The van der Waals surface area contributed by atoms with Gasteiger partial charge in [0.2, 0.25) is 11.1 Å². The van der Waals surface area contributed by atoms with E-state index in [1.165, 1.54) is 42.9 Å². The van der Waals surface area contributed by atoms with Gasteiger partial charge in [-0.3, -0.25) is 4.79 Å². The Balaban J connectivity index is 1.09. The number of nitrogens with zero attached hydrogens (tertiary/aromatic N) is 5. The summed E-state index contributed by atoms with van der Waals surface area (Å²) in [5.74, 6) is 2.53. The number of piperidine rings is 2. The maximum atomic E-state index is 12.2. The molecule has 0 radical (unpaired) electrons. The SMILES string of the molecule is CN(C)c1nsc(N2CCC(C3CCN(c4ccc(C(=O)NC5CC5)cc4)CC3)CC2)n1. The van der Waals surface area contributed by atoms with Gasteiger partial charge in [-0.25, -0.2) is 0 Å². The first-order valence-corrected chi connectivity index (χ1v) is 12.8. The highest BCUT2D eigenvalue weighted by Gasteiger charge is 2.31. The molecule has 5 rings (SSSR count). The summed E-state index contributed by atoms with van der Waals surface area (Å²) in [4.78, 5) is 23.8. The fourth-order valence-corrected chi connectivity index (χ4v) is 5.82. The van der Waals surface area contributed by atoms with Crippen molar-refractivity contribution >= 4 is 34.2 Å². The van der Waals surface area contributed by atoms with E-state index < -0.39 is 0 Å². The Morgan fingerprint density at radius 2 is 1.53 bits per heavy atom. The molecule has 3 heterocycles. The van der Waals surface area contributed by atoms with E-state index in [1.54, 1.807) is 0 Å². The van der Waals surface area contributed by atoms with E-state index in [9.17, 15) is 4.79 Å². The van der Waals surface area contributed by atoms with E-state index in [0.717, 1.165) is 67.5 Å². The molecule has 1 aromatic heterocycles. The van der Waals surface area contributed by atoms with Crippen LogP contribution in [0.1, 0.15) is 48.9 Å². The van der Waals surface area contributed by atoms with Crippen LogP contribution in [0.25, 0.3) is 0 Å². The zero-order valence-corrected chi connectivity index (χ0v) is 20.0. The zero-order valence-electron chi connectivity index (χ0n) is 19.2. The van der Waals surface area contributed by atoms with Crippen LogP contribution in [0.2, 0.25) is 0 Å². The first-order chi connectivity index (χ1) is 15.6. The molecule has 0 unspecified atom stereocenters. The van der Waals surface area contributed by atoms with Crippen molar-refractivity contribution in [2.24, 2.45) is 11.8 Å². The van der Waals surface area contributed by atoms with Crippen molar-refractivity contribution < 1.29 is 4.79 Å². The van der Waals surface area contributed by atoms with Crippen molar-refractivity contribution in [1.82, 2.24) is 14.7 Å². The molecule has 1 aromatic carbocycles. The lowest BCUT2D eigenvalue weighted by atomic mass is 9.79. The summed E-state index contributed by atoms with van der Waals surface area (Å²) in [6, 6.07) is 8.59. The number of aromatic nitrogens is 2. The second-order valence-electron chi connectivity index (χ2n) is 9.71. The fourth-order valence-electron chi connectivity index (χ4n) is 5.03. The molecular weight excluding hydrogens is 420 g/mol. The number of hydrogen-bond donors (Lipinski definition) is 1. The average Bonchev–Trinajstić information content (AvgIpc) is 3.50. The molecule has 0 bridgehead atoms. The molecule has 1 amide bonds. The Labute approximate surface area is 195 Å². The molecule has 2 aliphatic heterocycles. The lowest BCUT2D eigenvalue weighted by molar-refractivity contribution is 0.0951. The number of nitrogens with one attached hydrogen (secondary N) is 1. The van der Waals surface area contributed by atoms with Crippen LogP contribution in [-0.4, -0.2) is 61.6 Å². The molecule has 8 heteroatoms. The highest BCUT2D eigenvalue weighted by atomic mass is 32.1. The van der Waals surface area contributed by atoms with Gasteiger partial charge in [0.05, 0.1) is 0 Å². The van der Waals surface area contributed by atoms with Crippen molar-refractivity contribution in [2.75, 3.05) is 55.0 Å². The third kappa shape index (κ3) is 4.85. The molecular formula is C24H34N6OS. The van der Waals surface area contributed by atoms with Crippen LogP contribution in [0.5, 0.6) is 0 Å². The summed E-state index contributed by atoms with van der Waals surface area (Å²) < 4.78 is 4.45. The van der Waals surface area contributed by atoms with E-state index in [2.05, 4.69) is 36.6 Å². The highest BCUT2D eigenvalue weighted by molar-refractivity contribution is 7.09. The maximum absolute atomic E-state index is 12.2. The van der Waals surface area contributed by atoms with E-state index in [0.29, 0.717) is 6.04 Å². The summed E-state index contributed by atoms with van der Waals surface area (Å²) in [7, 11) is 3.98. The van der Waals surface area contributed by atoms with Crippen molar-refractivity contribution in [3.05, 3.63) is 29.8 Å². The lowest BCUT2D eigenvalue weighted by Crippen LogP contribution is -2.41. The molecule has 1 aliphatic carbocycles. The lowest BCUT2D eigenvalue weighted by Gasteiger charge is -2.40. The number of benzene rings is 1. The largest absolute Gasteiger partial charge is 0.372 e. The summed E-state index contributed by atoms with van der Waals surface area (Å²) >= 11 is 1.52. The number of hydrogen-bond acceptors (Lipinski definition) is 7. The Kier molecular flexibility index (Phi) is 6.22. The first-order valence-electron chi connectivity index (χ1n) is 12.0.